The van der Waals surface area contributed by atoms with E-state index in [1.54, 1.807) is 6.07 Å². The number of halogens is 2. The number of carbonyl (C=O) groups is 1. The van der Waals surface area contributed by atoms with E-state index in [2.05, 4.69) is 15.9 Å². The van der Waals surface area contributed by atoms with Gasteiger partial charge in [-0.3, -0.25) is 0 Å². The highest BCUT2D eigenvalue weighted by Crippen LogP contribution is 2.28. The lowest BCUT2D eigenvalue weighted by Gasteiger charge is -2.09. The van der Waals surface area contributed by atoms with Gasteiger partial charge < -0.3 is 5.11 Å². The predicted molar refractivity (Wildman–Crippen MR) is 67.9 cm³/mol. The van der Waals surface area contributed by atoms with E-state index in [0.29, 0.717) is 11.5 Å². The minimum Gasteiger partial charge on any atom is -0.478 e. The van der Waals surface area contributed by atoms with Crippen molar-refractivity contribution in [1.82, 2.24) is 0 Å². The molecular weight excluding hydrogens is 359 g/mol. The van der Waals surface area contributed by atoms with Crippen LogP contribution in [-0.4, -0.2) is 11.1 Å². The summed E-state index contributed by atoms with van der Waals surface area (Å²) in [7, 11) is 0. The quantitative estimate of drug-likeness (QED) is 0.804. The van der Waals surface area contributed by atoms with Gasteiger partial charge in [-0.1, -0.05) is 13.8 Å². The molecule has 2 nitrogen and oxygen atoms in total. The van der Waals surface area contributed by atoms with E-state index in [0.717, 1.165) is 13.6 Å². The maximum absolute atomic E-state index is 10.9. The first-order valence-electron chi connectivity index (χ1n) is 4.15. The molecule has 0 aliphatic rings. The average Bonchev–Trinajstić information content (AvgIpc) is 2.08. The highest BCUT2D eigenvalue weighted by molar-refractivity contribution is 14.1. The minimum absolute atomic E-state index is 0.335. The van der Waals surface area contributed by atoms with E-state index < -0.39 is 5.97 Å². The maximum atomic E-state index is 10.9. The lowest BCUT2D eigenvalue weighted by molar-refractivity contribution is 0.0695. The molecule has 0 aliphatic carbocycles. The van der Waals surface area contributed by atoms with Gasteiger partial charge in [0.1, 0.15) is 0 Å². The van der Waals surface area contributed by atoms with Crippen LogP contribution in [-0.2, 0) is 0 Å². The lowest BCUT2D eigenvalue weighted by atomic mass is 10.0. The van der Waals surface area contributed by atoms with Gasteiger partial charge in [0.25, 0.3) is 0 Å². The molecule has 0 amide bonds. The molecule has 0 bridgehead atoms. The number of benzene rings is 1. The number of rotatable bonds is 2. The molecule has 1 aromatic rings. The highest BCUT2D eigenvalue weighted by Gasteiger charge is 2.13. The van der Waals surface area contributed by atoms with E-state index in [1.807, 2.05) is 42.5 Å². The Morgan fingerprint density at radius 2 is 2.07 bits per heavy atom. The summed E-state index contributed by atoms with van der Waals surface area (Å²) >= 11 is 5.40. The molecule has 0 saturated heterocycles. The number of hydrogen-bond donors (Lipinski definition) is 1. The average molecular weight is 369 g/mol. The number of hydrogen-bond acceptors (Lipinski definition) is 1. The topological polar surface area (TPSA) is 37.3 Å². The molecule has 0 saturated carbocycles. The number of aromatic carboxylic acids is 1. The third-order valence-electron chi connectivity index (χ3n) is 1.95. The molecule has 1 aromatic carbocycles. The van der Waals surface area contributed by atoms with E-state index in [1.165, 1.54) is 0 Å². The third kappa shape index (κ3) is 2.48. The highest BCUT2D eigenvalue weighted by atomic mass is 127. The predicted octanol–water partition coefficient (Wildman–Crippen LogP) is 3.88. The van der Waals surface area contributed by atoms with Crippen molar-refractivity contribution in [1.29, 1.82) is 0 Å². The summed E-state index contributed by atoms with van der Waals surface area (Å²) in [5.41, 5.74) is 1.40. The summed E-state index contributed by atoms with van der Waals surface area (Å²) in [4.78, 5) is 10.9. The molecule has 0 spiro atoms. The Balaban J connectivity index is 3.35. The summed E-state index contributed by atoms with van der Waals surface area (Å²) in [6, 6.07) is 3.71. The smallest absolute Gasteiger partial charge is 0.336 e. The lowest BCUT2D eigenvalue weighted by Crippen LogP contribution is -2.02. The van der Waals surface area contributed by atoms with Crippen LogP contribution in [0.2, 0.25) is 0 Å². The molecule has 0 fully saturated rings. The Kier molecular flexibility index (Phi) is 3.94. The Labute approximate surface area is 105 Å². The molecular formula is C10H10BrIO2. The fourth-order valence-electron chi connectivity index (χ4n) is 1.10. The van der Waals surface area contributed by atoms with Crippen molar-refractivity contribution in [2.45, 2.75) is 19.8 Å². The SMILES string of the molecule is CC(C)c1cc(Br)c(I)c(C(=O)O)c1. The van der Waals surface area contributed by atoms with Crippen molar-refractivity contribution in [2.75, 3.05) is 0 Å². The van der Waals surface area contributed by atoms with Gasteiger partial charge >= 0.3 is 5.97 Å². The van der Waals surface area contributed by atoms with E-state index in [-0.39, 0.29) is 0 Å². The normalized spacial score (nSPS) is 10.6. The third-order valence-corrected chi connectivity index (χ3v) is 4.48. The van der Waals surface area contributed by atoms with Crippen LogP contribution in [0.1, 0.15) is 35.7 Å². The zero-order valence-corrected chi connectivity index (χ0v) is 11.6. The largest absolute Gasteiger partial charge is 0.478 e. The van der Waals surface area contributed by atoms with Crippen LogP contribution in [0.15, 0.2) is 16.6 Å². The molecule has 0 atom stereocenters. The Morgan fingerprint density at radius 1 is 1.50 bits per heavy atom. The molecule has 0 radical (unpaired) electrons. The second-order valence-corrected chi connectivity index (χ2v) is 5.26. The Bertz CT molecular complexity index is 375. The van der Waals surface area contributed by atoms with Gasteiger partial charge in [-0.05, 0) is 62.1 Å². The van der Waals surface area contributed by atoms with Crippen molar-refractivity contribution < 1.29 is 9.90 Å². The molecule has 1 N–H and O–H groups in total. The molecule has 0 aliphatic heterocycles. The second kappa shape index (κ2) is 4.61. The second-order valence-electron chi connectivity index (χ2n) is 3.32. The van der Waals surface area contributed by atoms with Crippen molar-refractivity contribution in [3.05, 3.63) is 31.3 Å². The van der Waals surface area contributed by atoms with Gasteiger partial charge in [0.05, 0.1) is 5.56 Å². The first-order valence-corrected chi connectivity index (χ1v) is 6.03. The van der Waals surface area contributed by atoms with Crippen LogP contribution < -0.4 is 0 Å². The van der Waals surface area contributed by atoms with Crippen molar-refractivity contribution in [2.24, 2.45) is 0 Å². The van der Waals surface area contributed by atoms with E-state index in [4.69, 9.17) is 5.11 Å². The van der Waals surface area contributed by atoms with Crippen LogP contribution in [0, 0.1) is 3.57 Å². The Hall–Kier alpha value is -0.100. The molecule has 14 heavy (non-hydrogen) atoms. The Morgan fingerprint density at radius 3 is 2.50 bits per heavy atom. The van der Waals surface area contributed by atoms with Gasteiger partial charge in [0, 0.05) is 8.04 Å². The van der Waals surface area contributed by atoms with Gasteiger partial charge in [0.2, 0.25) is 0 Å². The van der Waals surface area contributed by atoms with Crippen LogP contribution in [0.25, 0.3) is 0 Å². The zero-order chi connectivity index (χ0) is 10.9. The molecule has 0 heterocycles. The van der Waals surface area contributed by atoms with Gasteiger partial charge in [-0.2, -0.15) is 0 Å². The maximum Gasteiger partial charge on any atom is 0.336 e. The summed E-state index contributed by atoms with van der Waals surface area (Å²) in [5, 5.41) is 8.97. The standard InChI is InChI=1S/C10H10BrIO2/c1-5(2)6-3-7(10(13)14)9(12)8(11)4-6/h3-5H,1-2H3,(H,13,14). The molecule has 0 unspecified atom stereocenters. The monoisotopic (exact) mass is 368 g/mol. The van der Waals surface area contributed by atoms with E-state index in [9.17, 15) is 4.79 Å². The first-order chi connectivity index (χ1) is 6.43. The van der Waals surface area contributed by atoms with Crippen LogP contribution in [0.4, 0.5) is 0 Å². The molecule has 76 valence electrons. The van der Waals surface area contributed by atoms with Crippen molar-refractivity contribution in [3.8, 4) is 0 Å². The van der Waals surface area contributed by atoms with Gasteiger partial charge in [-0.15, -0.1) is 0 Å². The fourth-order valence-corrected chi connectivity index (χ4v) is 2.12. The zero-order valence-electron chi connectivity index (χ0n) is 7.84. The van der Waals surface area contributed by atoms with Gasteiger partial charge in [-0.25, -0.2) is 4.79 Å². The van der Waals surface area contributed by atoms with E-state index >= 15 is 0 Å². The van der Waals surface area contributed by atoms with Crippen molar-refractivity contribution in [3.63, 3.8) is 0 Å². The van der Waals surface area contributed by atoms with Crippen LogP contribution in [0.3, 0.4) is 0 Å². The summed E-state index contributed by atoms with van der Waals surface area (Å²) in [6.07, 6.45) is 0. The van der Waals surface area contributed by atoms with Crippen molar-refractivity contribution >= 4 is 44.5 Å². The fraction of sp³-hybridized carbons (Fsp3) is 0.300. The van der Waals surface area contributed by atoms with Crippen LogP contribution >= 0.6 is 38.5 Å². The van der Waals surface area contributed by atoms with Gasteiger partial charge in [0.15, 0.2) is 0 Å². The first kappa shape index (κ1) is 12.0. The number of carboxylic acids is 1. The summed E-state index contributed by atoms with van der Waals surface area (Å²) in [6.45, 7) is 4.08. The number of carboxylic acid groups (broad SMARTS) is 1. The molecule has 4 heteroatoms. The molecule has 0 aromatic heterocycles. The molecule has 1 rings (SSSR count). The minimum atomic E-state index is -0.877. The van der Waals surface area contributed by atoms with Crippen LogP contribution in [0.5, 0.6) is 0 Å². The summed E-state index contributed by atoms with van der Waals surface area (Å²) < 4.78 is 1.60. The summed E-state index contributed by atoms with van der Waals surface area (Å²) in [5.74, 6) is -0.543.